The number of aliphatic hydroxyl groups is 2. The molecule has 8 aliphatic rings. The second-order valence-electron chi connectivity index (χ2n) is 22.5. The molecule has 0 unspecified atom stereocenters. The first-order valence-electron chi connectivity index (χ1n) is 26.5. The first-order valence-corrected chi connectivity index (χ1v) is 26.5. The molecule has 4 aliphatic heterocycles. The van der Waals surface area contributed by atoms with E-state index in [0.717, 1.165) is 19.3 Å². The Hall–Kier alpha value is -1.94. The second kappa shape index (κ2) is 22.3. The van der Waals surface area contributed by atoms with Gasteiger partial charge in [-0.2, -0.15) is 0 Å². The normalized spacial score (nSPS) is 49.3. The van der Waals surface area contributed by atoms with Crippen molar-refractivity contribution in [3.8, 4) is 0 Å². The summed E-state index contributed by atoms with van der Waals surface area (Å²) < 4.78 is 81.8. The van der Waals surface area contributed by atoms with Gasteiger partial charge >= 0.3 is 5.97 Å². The Balaban J connectivity index is 0.855. The van der Waals surface area contributed by atoms with Crippen LogP contribution in [0.2, 0.25) is 0 Å². The Labute approximate surface area is 421 Å². The molecular formula is C54H86O17. The topological polar surface area (TPSA) is 195 Å². The molecule has 17 heteroatoms. The number of rotatable bonds is 15. The highest BCUT2D eigenvalue weighted by Gasteiger charge is 2.71. The van der Waals surface area contributed by atoms with Crippen molar-refractivity contribution in [2.45, 2.75) is 249 Å². The number of Topliss-reactive ketones (excluding diaryl/α,β-unsaturated/α-hetero) is 1. The van der Waals surface area contributed by atoms with Crippen molar-refractivity contribution in [2.24, 2.45) is 28.6 Å². The fraction of sp³-hybridized carbons (Fsp3) is 0.889. The van der Waals surface area contributed by atoms with Gasteiger partial charge in [0.1, 0.15) is 36.3 Å². The van der Waals surface area contributed by atoms with E-state index in [1.165, 1.54) is 5.57 Å². The molecular weight excluding hydrogens is 921 g/mol. The van der Waals surface area contributed by atoms with Crippen LogP contribution in [0.4, 0.5) is 0 Å². The largest absolute Gasteiger partial charge is 0.458 e. The molecule has 0 bridgehead atoms. The number of methoxy groups -OCH3 is 4. The van der Waals surface area contributed by atoms with Gasteiger partial charge in [-0.15, -0.1) is 0 Å². The average Bonchev–Trinajstić information content (AvgIpc) is 3.63. The van der Waals surface area contributed by atoms with Crippen LogP contribution in [0.3, 0.4) is 0 Å². The van der Waals surface area contributed by atoms with Crippen LogP contribution in [0, 0.1) is 28.6 Å². The van der Waals surface area contributed by atoms with Crippen molar-refractivity contribution in [2.75, 3.05) is 28.4 Å². The third-order valence-corrected chi connectivity index (χ3v) is 18.8. The van der Waals surface area contributed by atoms with Crippen molar-refractivity contribution in [1.29, 1.82) is 0 Å². The molecule has 4 aliphatic carbocycles. The molecule has 71 heavy (non-hydrogen) atoms. The minimum atomic E-state index is -1.15. The second-order valence-corrected chi connectivity index (χ2v) is 22.5. The minimum absolute atomic E-state index is 0.0422. The monoisotopic (exact) mass is 1010 g/mol. The Bertz CT molecular complexity index is 1910. The number of hydrogen-bond donors (Lipinski definition) is 2. The summed E-state index contributed by atoms with van der Waals surface area (Å²) in [4.78, 5) is 26.5. The van der Waals surface area contributed by atoms with E-state index in [1.807, 2.05) is 34.6 Å². The molecule has 0 radical (unpaired) electrons. The van der Waals surface area contributed by atoms with E-state index in [9.17, 15) is 19.8 Å². The fourth-order valence-corrected chi connectivity index (χ4v) is 14.4. The number of ketones is 1. The molecule has 404 valence electrons. The summed E-state index contributed by atoms with van der Waals surface area (Å²) in [5.41, 5.74) is -0.429. The van der Waals surface area contributed by atoms with E-state index >= 15 is 0 Å². The van der Waals surface area contributed by atoms with Gasteiger partial charge in [-0.3, -0.25) is 4.79 Å². The summed E-state index contributed by atoms with van der Waals surface area (Å²) in [6.07, 6.45) is 2.27. The first-order chi connectivity index (χ1) is 33.7. The van der Waals surface area contributed by atoms with Gasteiger partial charge in [0.25, 0.3) is 0 Å². The highest BCUT2D eigenvalue weighted by Crippen LogP contribution is 2.68. The summed E-state index contributed by atoms with van der Waals surface area (Å²) in [5, 5.41) is 23.3. The van der Waals surface area contributed by atoms with Crippen LogP contribution in [0.1, 0.15) is 133 Å². The quantitative estimate of drug-likeness (QED) is 0.106. The van der Waals surface area contributed by atoms with Crippen LogP contribution in [-0.2, 0) is 71.2 Å². The van der Waals surface area contributed by atoms with E-state index in [0.29, 0.717) is 56.9 Å². The molecule has 0 aromatic rings. The highest BCUT2D eigenvalue weighted by molar-refractivity contribution is 5.88. The minimum Gasteiger partial charge on any atom is -0.458 e. The van der Waals surface area contributed by atoms with E-state index in [1.54, 1.807) is 55.3 Å². The molecule has 24 atom stereocenters. The predicted octanol–water partition coefficient (Wildman–Crippen LogP) is 6.26. The van der Waals surface area contributed by atoms with Crippen LogP contribution < -0.4 is 0 Å². The molecule has 4 heterocycles. The zero-order chi connectivity index (χ0) is 51.3. The van der Waals surface area contributed by atoms with Crippen molar-refractivity contribution in [3.63, 3.8) is 0 Å². The van der Waals surface area contributed by atoms with Gasteiger partial charge in [-0.1, -0.05) is 31.6 Å². The van der Waals surface area contributed by atoms with Gasteiger partial charge in [-0.25, -0.2) is 4.79 Å². The molecule has 2 N–H and O–H groups in total. The summed E-state index contributed by atoms with van der Waals surface area (Å²) >= 11 is 0. The number of ether oxygens (including phenoxy) is 13. The number of fused-ring (bicyclic) bond motifs is 5. The Morgan fingerprint density at radius 3 is 1.62 bits per heavy atom. The number of esters is 1. The van der Waals surface area contributed by atoms with Gasteiger partial charge in [0.15, 0.2) is 25.2 Å². The maximum Gasteiger partial charge on any atom is 0.333 e. The smallest absolute Gasteiger partial charge is 0.333 e. The maximum absolute atomic E-state index is 13.4. The van der Waals surface area contributed by atoms with Gasteiger partial charge < -0.3 is 71.8 Å². The van der Waals surface area contributed by atoms with Crippen LogP contribution in [0.15, 0.2) is 23.3 Å². The van der Waals surface area contributed by atoms with Gasteiger partial charge in [0.2, 0.25) is 0 Å². The average molecular weight is 1010 g/mol. The SMILES string of the molecule is C/C=C(\C)C(=O)O[C@@H]1C[C@H]2[C@@H](CC=C3C[C@@H](O[C@H]4C[C@H](OC)[C@H](O[C@H]5C[C@H](OC)[C@H](O[C@H]6C[C@H](OC)[C@H](O[C@H]7C[C@H](OC)[C@H](O)[C@@H](C)O7)[C@@H](C)O6)[C@@H](C)O5)[C@@H](C)O4)CC[C@@]32C)[C@@]2(O)CC[C@H](C(C)=O)[C@@]12C. The van der Waals surface area contributed by atoms with E-state index in [-0.39, 0.29) is 65.4 Å². The summed E-state index contributed by atoms with van der Waals surface area (Å²) in [7, 11) is 6.56. The van der Waals surface area contributed by atoms with E-state index < -0.39 is 91.1 Å². The molecule has 17 nitrogen and oxygen atoms in total. The Morgan fingerprint density at radius 1 is 0.662 bits per heavy atom. The zero-order valence-electron chi connectivity index (χ0n) is 44.6. The van der Waals surface area contributed by atoms with Crippen LogP contribution in [0.5, 0.6) is 0 Å². The van der Waals surface area contributed by atoms with Crippen LogP contribution in [0.25, 0.3) is 0 Å². The predicted molar refractivity (Wildman–Crippen MR) is 257 cm³/mol. The van der Waals surface area contributed by atoms with Gasteiger partial charge in [0.05, 0.1) is 60.5 Å². The first kappa shape index (κ1) is 55.3. The lowest BCUT2D eigenvalue weighted by atomic mass is 9.45. The summed E-state index contributed by atoms with van der Waals surface area (Å²) in [5.74, 6) is -0.718. The summed E-state index contributed by atoms with van der Waals surface area (Å²) in [6, 6.07) is 0. The van der Waals surface area contributed by atoms with Crippen molar-refractivity contribution >= 4 is 11.8 Å². The molecule has 3 saturated carbocycles. The number of aliphatic hydroxyl groups excluding tert-OH is 1. The Morgan fingerprint density at radius 2 is 1.14 bits per heavy atom. The highest BCUT2D eigenvalue weighted by atomic mass is 16.8. The number of carbonyl (C=O) groups excluding carboxylic acids is 2. The van der Waals surface area contributed by atoms with Crippen molar-refractivity contribution in [3.05, 3.63) is 23.3 Å². The van der Waals surface area contributed by atoms with Crippen molar-refractivity contribution < 1.29 is 81.4 Å². The lowest BCUT2D eigenvalue weighted by molar-refractivity contribution is -0.347. The molecule has 0 spiro atoms. The fourth-order valence-electron chi connectivity index (χ4n) is 14.4. The zero-order valence-corrected chi connectivity index (χ0v) is 44.6. The van der Waals surface area contributed by atoms with Crippen LogP contribution in [-0.4, -0.2) is 167 Å². The standard InChI is InChI=1S/C54H86O17/c1-14-27(2)51(57)68-42-22-37-36(54(58)20-18-35(28(3)55)53(42,54)9)16-15-33-21-34(17-19-52(33,37)8)67-43-24-39(60-11)48(30(5)64-43)70-45-26-41(62-13)50(32(7)66-45)71-46-25-40(61-12)49(31(6)65-46)69-44-23-38(59-10)47(56)29(4)63-44/h14-15,29-32,34-50,56,58H,16-26H2,1-13H3/b27-14+/t29-,30-,31-,32-,34+,35-,36-,37+,38+,39+,40+,41+,42-,43+,44+,45+,46+,47-,48-,49-,50-,52+,53+,54+/m1/s1. The number of allylic oxidation sites excluding steroid dienone is 2. The van der Waals surface area contributed by atoms with Crippen LogP contribution >= 0.6 is 0 Å². The number of carbonyl (C=O) groups is 2. The number of hydrogen-bond acceptors (Lipinski definition) is 17. The van der Waals surface area contributed by atoms with E-state index in [4.69, 9.17) is 61.6 Å². The molecule has 8 rings (SSSR count). The molecule has 4 saturated heterocycles. The molecule has 0 aromatic heterocycles. The van der Waals surface area contributed by atoms with Gasteiger partial charge in [0, 0.05) is 71.0 Å². The lowest BCUT2D eigenvalue weighted by Gasteiger charge is -2.63. The summed E-state index contributed by atoms with van der Waals surface area (Å²) in [6.45, 7) is 17.1. The lowest BCUT2D eigenvalue weighted by Crippen LogP contribution is -2.66. The molecule has 0 aromatic carbocycles. The molecule has 0 amide bonds. The van der Waals surface area contributed by atoms with Gasteiger partial charge in [-0.05, 0) is 111 Å². The van der Waals surface area contributed by atoms with E-state index in [2.05, 4.69) is 13.0 Å². The maximum atomic E-state index is 13.4. The Kier molecular flexibility index (Phi) is 17.4. The third-order valence-electron chi connectivity index (χ3n) is 18.8. The molecule has 7 fully saturated rings. The van der Waals surface area contributed by atoms with Crippen molar-refractivity contribution in [1.82, 2.24) is 0 Å². The third kappa shape index (κ3) is 10.5.